The summed E-state index contributed by atoms with van der Waals surface area (Å²) in [5, 5.41) is 2.74. The molecule has 0 radical (unpaired) electrons. The number of hydrogen-bond acceptors (Lipinski definition) is 5. The maximum atomic E-state index is 11.9. The van der Waals surface area contributed by atoms with Crippen molar-refractivity contribution < 1.29 is 14.3 Å². The topological polar surface area (TPSA) is 76.6 Å². The van der Waals surface area contributed by atoms with Gasteiger partial charge in [0.05, 0.1) is 24.7 Å². The molecule has 2 amide bonds. The van der Waals surface area contributed by atoms with Gasteiger partial charge in [0.25, 0.3) is 0 Å². The number of amides is 2. The lowest BCUT2D eigenvalue weighted by atomic mass is 9.95. The number of aromatic nitrogens is 2. The molecule has 26 heavy (non-hydrogen) atoms. The quantitative estimate of drug-likeness (QED) is 0.909. The normalized spacial score (nSPS) is 16.0. The number of benzene rings is 1. The van der Waals surface area contributed by atoms with Crippen molar-refractivity contribution in [2.75, 3.05) is 25.5 Å². The van der Waals surface area contributed by atoms with Crippen molar-refractivity contribution in [2.24, 2.45) is 0 Å². The maximum Gasteiger partial charge on any atom is 0.322 e. The van der Waals surface area contributed by atoms with Crippen molar-refractivity contribution in [3.05, 3.63) is 35.7 Å². The van der Waals surface area contributed by atoms with Crippen molar-refractivity contribution in [3.63, 3.8) is 0 Å². The Morgan fingerprint density at radius 1 is 1.35 bits per heavy atom. The minimum Gasteiger partial charge on any atom is -0.492 e. The molecule has 1 N–H and O–H groups in total. The highest BCUT2D eigenvalue weighted by Crippen LogP contribution is 2.59. The molecule has 1 aliphatic carbocycles. The molecular formula is C19H22N4O3. The molecule has 7 heteroatoms. The molecule has 1 aliphatic heterocycles. The molecule has 2 heterocycles. The highest BCUT2D eigenvalue weighted by atomic mass is 16.5. The zero-order chi connectivity index (χ0) is 18.3. The van der Waals surface area contributed by atoms with Gasteiger partial charge in [-0.05, 0) is 38.3 Å². The fourth-order valence-electron chi connectivity index (χ4n) is 3.16. The summed E-state index contributed by atoms with van der Waals surface area (Å²) >= 11 is 0. The summed E-state index contributed by atoms with van der Waals surface area (Å²) in [6, 6.07) is 4.00. The number of rotatable bonds is 4. The van der Waals surface area contributed by atoms with E-state index in [9.17, 15) is 4.79 Å². The summed E-state index contributed by atoms with van der Waals surface area (Å²) < 4.78 is 11.9. The second-order valence-electron chi connectivity index (χ2n) is 6.95. The molecule has 1 spiro atoms. The monoisotopic (exact) mass is 354 g/mol. The van der Waals surface area contributed by atoms with Crippen molar-refractivity contribution in [3.8, 4) is 17.5 Å². The van der Waals surface area contributed by atoms with E-state index in [1.165, 1.54) is 0 Å². The number of carbonyl (C=O) groups is 1. The van der Waals surface area contributed by atoms with Gasteiger partial charge in [-0.25, -0.2) is 14.8 Å². The average Bonchev–Trinajstić information content (AvgIpc) is 3.32. The van der Waals surface area contributed by atoms with E-state index < -0.39 is 0 Å². The maximum absolute atomic E-state index is 11.9. The zero-order valence-electron chi connectivity index (χ0n) is 15.2. The Morgan fingerprint density at radius 2 is 2.08 bits per heavy atom. The van der Waals surface area contributed by atoms with E-state index in [4.69, 9.17) is 9.47 Å². The molecule has 1 fully saturated rings. The van der Waals surface area contributed by atoms with Gasteiger partial charge in [0, 0.05) is 24.6 Å². The molecule has 1 aromatic carbocycles. The fraction of sp³-hybridized carbons (Fsp3) is 0.421. The van der Waals surface area contributed by atoms with Gasteiger partial charge in [-0.1, -0.05) is 6.07 Å². The highest BCUT2D eigenvalue weighted by Gasteiger charge is 2.53. The van der Waals surface area contributed by atoms with Crippen LogP contribution in [0.1, 0.15) is 30.9 Å². The Hall–Kier alpha value is -2.83. The standard InChI is InChI=1S/C19H22N4O3/c1-4-23(3)18(24)22-13-9-20-17(21-10-13)26-14-6-5-12(2)16-15(14)19(7-8-19)11-25-16/h5-6,9-10H,4,7-8,11H2,1-3H3,(H,22,24). The lowest BCUT2D eigenvalue weighted by Crippen LogP contribution is -2.31. The molecule has 4 rings (SSSR count). The van der Waals surface area contributed by atoms with E-state index >= 15 is 0 Å². The van der Waals surface area contributed by atoms with Crippen molar-refractivity contribution >= 4 is 11.7 Å². The molecule has 0 bridgehead atoms. The Morgan fingerprint density at radius 3 is 2.73 bits per heavy atom. The number of aryl methyl sites for hydroxylation is 1. The predicted molar refractivity (Wildman–Crippen MR) is 97.0 cm³/mol. The molecule has 2 aliphatic rings. The minimum absolute atomic E-state index is 0.106. The zero-order valence-corrected chi connectivity index (χ0v) is 15.2. The second-order valence-corrected chi connectivity index (χ2v) is 6.95. The van der Waals surface area contributed by atoms with Crippen LogP contribution in [0.4, 0.5) is 10.5 Å². The number of urea groups is 1. The van der Waals surface area contributed by atoms with Crippen molar-refractivity contribution in [2.45, 2.75) is 32.1 Å². The predicted octanol–water partition coefficient (Wildman–Crippen LogP) is 3.48. The first-order valence-electron chi connectivity index (χ1n) is 8.81. The number of hydrogen-bond donors (Lipinski definition) is 1. The summed E-state index contributed by atoms with van der Waals surface area (Å²) in [5.74, 6) is 1.69. The number of ether oxygens (including phenoxy) is 2. The number of carbonyl (C=O) groups excluding carboxylic acids is 1. The van der Waals surface area contributed by atoms with Gasteiger partial charge in [-0.15, -0.1) is 0 Å². The summed E-state index contributed by atoms with van der Waals surface area (Å²) in [7, 11) is 1.72. The van der Waals surface area contributed by atoms with Crippen LogP contribution in [0.15, 0.2) is 24.5 Å². The van der Waals surface area contributed by atoms with Crippen molar-refractivity contribution in [1.29, 1.82) is 0 Å². The summed E-state index contributed by atoms with van der Waals surface area (Å²) in [5.41, 5.74) is 2.90. The Balaban J connectivity index is 1.53. The molecular weight excluding hydrogens is 332 g/mol. The van der Waals surface area contributed by atoms with E-state index in [0.717, 1.165) is 42.1 Å². The summed E-state index contributed by atoms with van der Waals surface area (Å²) in [6.07, 6.45) is 5.33. The van der Waals surface area contributed by atoms with Crippen LogP contribution in [-0.2, 0) is 5.41 Å². The first-order chi connectivity index (χ1) is 12.5. The molecule has 136 valence electrons. The van der Waals surface area contributed by atoms with E-state index in [2.05, 4.69) is 15.3 Å². The van der Waals surface area contributed by atoms with E-state index in [0.29, 0.717) is 12.2 Å². The lowest BCUT2D eigenvalue weighted by molar-refractivity contribution is 0.224. The largest absolute Gasteiger partial charge is 0.492 e. The SMILES string of the molecule is CCN(C)C(=O)Nc1cnc(Oc2ccc(C)c3c2C2(CC2)CO3)nc1. The van der Waals surface area contributed by atoms with Crippen LogP contribution < -0.4 is 14.8 Å². The highest BCUT2D eigenvalue weighted by molar-refractivity contribution is 5.88. The molecule has 2 aromatic rings. The third kappa shape index (κ3) is 2.83. The number of anilines is 1. The van der Waals surface area contributed by atoms with Gasteiger partial charge in [-0.3, -0.25) is 0 Å². The first kappa shape index (κ1) is 16.6. The van der Waals surface area contributed by atoms with Gasteiger partial charge in [0.1, 0.15) is 11.5 Å². The van der Waals surface area contributed by atoms with Crippen LogP contribution in [0, 0.1) is 6.92 Å². The molecule has 1 aromatic heterocycles. The van der Waals surface area contributed by atoms with Crippen LogP contribution in [0.3, 0.4) is 0 Å². The van der Waals surface area contributed by atoms with Crippen LogP contribution in [0.5, 0.6) is 17.5 Å². The van der Waals surface area contributed by atoms with Gasteiger partial charge in [0.2, 0.25) is 0 Å². The summed E-state index contributed by atoms with van der Waals surface area (Å²) in [4.78, 5) is 21.9. The number of nitrogens with zero attached hydrogens (tertiary/aromatic N) is 3. The molecule has 0 atom stereocenters. The van der Waals surface area contributed by atoms with Crippen LogP contribution in [0.25, 0.3) is 0 Å². The van der Waals surface area contributed by atoms with Crippen LogP contribution >= 0.6 is 0 Å². The summed E-state index contributed by atoms with van der Waals surface area (Å²) in [6.45, 7) is 5.30. The minimum atomic E-state index is -0.200. The molecule has 0 unspecified atom stereocenters. The van der Waals surface area contributed by atoms with Crippen LogP contribution in [0.2, 0.25) is 0 Å². The van der Waals surface area contributed by atoms with Gasteiger partial charge >= 0.3 is 12.0 Å². The fourth-order valence-corrected chi connectivity index (χ4v) is 3.16. The molecule has 0 saturated heterocycles. The second kappa shape index (κ2) is 6.16. The van der Waals surface area contributed by atoms with Gasteiger partial charge < -0.3 is 19.7 Å². The smallest absolute Gasteiger partial charge is 0.322 e. The van der Waals surface area contributed by atoms with Crippen LogP contribution in [-0.4, -0.2) is 41.1 Å². The average molecular weight is 354 g/mol. The van der Waals surface area contributed by atoms with Gasteiger partial charge in [-0.2, -0.15) is 0 Å². The number of fused-ring (bicyclic) bond motifs is 2. The van der Waals surface area contributed by atoms with E-state index in [1.807, 2.05) is 26.0 Å². The lowest BCUT2D eigenvalue weighted by Gasteiger charge is -2.15. The van der Waals surface area contributed by atoms with Crippen molar-refractivity contribution in [1.82, 2.24) is 14.9 Å². The third-order valence-electron chi connectivity index (χ3n) is 5.09. The molecule has 1 saturated carbocycles. The van der Waals surface area contributed by atoms with E-state index in [-0.39, 0.29) is 17.5 Å². The Bertz CT molecular complexity index is 847. The van der Waals surface area contributed by atoms with Gasteiger partial charge in [0.15, 0.2) is 0 Å². The Kier molecular flexibility index (Phi) is 3.94. The Labute approximate surface area is 152 Å². The number of nitrogens with one attached hydrogen (secondary N) is 1. The van der Waals surface area contributed by atoms with E-state index in [1.54, 1.807) is 24.3 Å². The first-order valence-corrected chi connectivity index (χ1v) is 8.81. The third-order valence-corrected chi connectivity index (χ3v) is 5.09. The molecule has 7 nitrogen and oxygen atoms in total.